The van der Waals surface area contributed by atoms with Gasteiger partial charge in [-0.25, -0.2) is 0 Å². The molecule has 0 fully saturated rings. The van der Waals surface area contributed by atoms with Gasteiger partial charge in [0.2, 0.25) is 0 Å². The van der Waals surface area contributed by atoms with Gasteiger partial charge >= 0.3 is 17.9 Å². The third-order valence-electron chi connectivity index (χ3n) is 11.3. The van der Waals surface area contributed by atoms with Crippen LogP contribution >= 0.6 is 0 Å². The third kappa shape index (κ3) is 48.3. The van der Waals surface area contributed by atoms with Gasteiger partial charge in [-0.3, -0.25) is 14.4 Å². The minimum atomic E-state index is -0.786. The maximum atomic E-state index is 12.8. The Kier molecular flexibility index (Phi) is 47.9. The Morgan fingerprint density at radius 1 is 0.328 bits per heavy atom. The largest absolute Gasteiger partial charge is 0.462 e. The molecular formula is C55H98O6. The normalized spacial score (nSPS) is 12.4. The molecule has 6 nitrogen and oxygen atoms in total. The van der Waals surface area contributed by atoms with Crippen LogP contribution in [-0.2, 0) is 28.6 Å². The van der Waals surface area contributed by atoms with Gasteiger partial charge in [-0.2, -0.15) is 0 Å². The number of hydrogen-bond donors (Lipinski definition) is 0. The molecule has 0 bridgehead atoms. The molecule has 0 spiro atoms. The lowest BCUT2D eigenvalue weighted by molar-refractivity contribution is -0.167. The smallest absolute Gasteiger partial charge is 0.306 e. The highest BCUT2D eigenvalue weighted by Gasteiger charge is 2.19. The summed E-state index contributed by atoms with van der Waals surface area (Å²) in [5, 5.41) is 0. The molecule has 0 aromatic carbocycles. The second kappa shape index (κ2) is 50.0. The van der Waals surface area contributed by atoms with Crippen molar-refractivity contribution in [2.24, 2.45) is 0 Å². The summed E-state index contributed by atoms with van der Waals surface area (Å²) in [6, 6.07) is 0. The van der Waals surface area contributed by atoms with E-state index in [9.17, 15) is 14.4 Å². The molecule has 0 saturated heterocycles. The van der Waals surface area contributed by atoms with Crippen molar-refractivity contribution in [1.82, 2.24) is 0 Å². The Bertz CT molecular complexity index is 1070. The molecule has 0 aromatic heterocycles. The minimum absolute atomic E-state index is 0.0852. The van der Waals surface area contributed by atoms with Crippen LogP contribution in [0.5, 0.6) is 0 Å². The molecule has 61 heavy (non-hydrogen) atoms. The van der Waals surface area contributed by atoms with Gasteiger partial charge in [0.15, 0.2) is 6.10 Å². The first-order valence-corrected chi connectivity index (χ1v) is 26.1. The molecule has 0 saturated carbocycles. The molecule has 0 amide bonds. The van der Waals surface area contributed by atoms with Gasteiger partial charge in [0.05, 0.1) is 0 Å². The summed E-state index contributed by atoms with van der Waals surface area (Å²) < 4.78 is 16.8. The van der Waals surface area contributed by atoms with E-state index in [0.29, 0.717) is 19.3 Å². The molecule has 0 radical (unpaired) electrons. The first-order chi connectivity index (χ1) is 30.0. The van der Waals surface area contributed by atoms with Crippen molar-refractivity contribution in [1.29, 1.82) is 0 Å². The molecule has 0 aliphatic rings. The van der Waals surface area contributed by atoms with Gasteiger partial charge in [-0.05, 0) is 83.5 Å². The Balaban J connectivity index is 4.42. The summed E-state index contributed by atoms with van der Waals surface area (Å²) >= 11 is 0. The topological polar surface area (TPSA) is 78.9 Å². The molecule has 0 heterocycles. The fraction of sp³-hybridized carbons (Fsp3) is 0.800. The summed E-state index contributed by atoms with van der Waals surface area (Å²) in [7, 11) is 0. The highest BCUT2D eigenvalue weighted by Crippen LogP contribution is 2.15. The van der Waals surface area contributed by atoms with Crippen LogP contribution in [0.4, 0.5) is 0 Å². The molecule has 0 N–H and O–H groups in total. The van der Waals surface area contributed by atoms with Gasteiger partial charge < -0.3 is 14.2 Å². The van der Waals surface area contributed by atoms with Crippen LogP contribution in [0.3, 0.4) is 0 Å². The van der Waals surface area contributed by atoms with E-state index in [1.54, 1.807) is 0 Å². The van der Waals surface area contributed by atoms with Gasteiger partial charge in [0.1, 0.15) is 13.2 Å². The number of unbranched alkanes of at least 4 members (excludes halogenated alkanes) is 28. The Morgan fingerprint density at radius 2 is 0.590 bits per heavy atom. The number of hydrogen-bond acceptors (Lipinski definition) is 6. The van der Waals surface area contributed by atoms with Crippen LogP contribution in [0, 0.1) is 0 Å². The predicted octanol–water partition coefficient (Wildman–Crippen LogP) is 17.1. The molecular weight excluding hydrogens is 757 g/mol. The monoisotopic (exact) mass is 855 g/mol. The lowest BCUT2D eigenvalue weighted by Gasteiger charge is -2.18. The molecule has 0 aliphatic heterocycles. The number of esters is 3. The first kappa shape index (κ1) is 58.4. The lowest BCUT2D eigenvalue weighted by Crippen LogP contribution is -2.30. The molecule has 0 rings (SSSR count). The Labute approximate surface area is 378 Å². The van der Waals surface area contributed by atoms with Gasteiger partial charge in [-0.15, -0.1) is 0 Å². The second-order valence-electron chi connectivity index (χ2n) is 17.4. The van der Waals surface area contributed by atoms with Crippen LogP contribution in [0.15, 0.2) is 48.6 Å². The van der Waals surface area contributed by atoms with E-state index in [1.165, 1.54) is 154 Å². The molecule has 354 valence electrons. The molecule has 0 aliphatic carbocycles. The maximum absolute atomic E-state index is 12.8. The molecule has 0 unspecified atom stereocenters. The molecule has 6 heteroatoms. The summed E-state index contributed by atoms with van der Waals surface area (Å²) in [5.74, 6) is -0.921. The summed E-state index contributed by atoms with van der Waals surface area (Å²) in [4.78, 5) is 38.0. The highest BCUT2D eigenvalue weighted by molar-refractivity contribution is 5.71. The van der Waals surface area contributed by atoms with E-state index in [2.05, 4.69) is 69.4 Å². The van der Waals surface area contributed by atoms with Gasteiger partial charge in [0.25, 0.3) is 0 Å². The predicted molar refractivity (Wildman–Crippen MR) is 261 cm³/mol. The SMILES string of the molecule is CCCCC/C=C\C/C=C\C/C=C\CCCCC(=O)OC[C@H](COC(=O)CCCCCCCCC/C=C\CCCCCC)OC(=O)CCCCCCCCCCCCCCC. The van der Waals surface area contributed by atoms with E-state index in [1.807, 2.05) is 0 Å². The lowest BCUT2D eigenvalue weighted by atomic mass is 10.0. The number of ether oxygens (including phenoxy) is 3. The van der Waals surface area contributed by atoms with Gasteiger partial charge in [0, 0.05) is 19.3 Å². The van der Waals surface area contributed by atoms with Crippen molar-refractivity contribution in [3.63, 3.8) is 0 Å². The number of allylic oxidation sites excluding steroid dienone is 8. The standard InChI is InChI=1S/C55H98O6/c1-4-7-10-13-16-19-22-25-27-30-32-35-38-41-44-47-53(56)59-50-52(61-55(58)49-46-43-40-37-34-29-24-21-18-15-12-9-6-3)51-60-54(57)48-45-42-39-36-33-31-28-26-23-20-17-14-11-8-5-2/h16,19-20,23,25,27,32,35,52H,4-15,17-18,21-22,24,26,28-31,33-34,36-51H2,1-3H3/b19-16-,23-20-,27-25-,35-32-/t52-/m1/s1. The average Bonchev–Trinajstić information content (AvgIpc) is 3.26. The first-order valence-electron chi connectivity index (χ1n) is 26.1. The van der Waals surface area contributed by atoms with Crippen LogP contribution in [0.1, 0.15) is 265 Å². The van der Waals surface area contributed by atoms with E-state index < -0.39 is 6.10 Å². The van der Waals surface area contributed by atoms with E-state index in [-0.39, 0.29) is 31.1 Å². The van der Waals surface area contributed by atoms with Crippen LogP contribution in [-0.4, -0.2) is 37.2 Å². The zero-order valence-corrected chi connectivity index (χ0v) is 40.4. The number of rotatable bonds is 47. The van der Waals surface area contributed by atoms with E-state index in [4.69, 9.17) is 14.2 Å². The zero-order valence-electron chi connectivity index (χ0n) is 40.4. The quantitative estimate of drug-likeness (QED) is 0.0263. The van der Waals surface area contributed by atoms with Crippen molar-refractivity contribution in [3.8, 4) is 0 Å². The number of carbonyl (C=O) groups excluding carboxylic acids is 3. The molecule has 0 aromatic rings. The summed E-state index contributed by atoms with van der Waals surface area (Å²) in [6.45, 7) is 6.57. The van der Waals surface area contributed by atoms with Crippen molar-refractivity contribution in [2.75, 3.05) is 13.2 Å². The average molecular weight is 855 g/mol. The van der Waals surface area contributed by atoms with Crippen molar-refractivity contribution in [3.05, 3.63) is 48.6 Å². The minimum Gasteiger partial charge on any atom is -0.462 e. The Morgan fingerprint density at radius 3 is 1.02 bits per heavy atom. The van der Waals surface area contributed by atoms with Crippen LogP contribution in [0.2, 0.25) is 0 Å². The second-order valence-corrected chi connectivity index (χ2v) is 17.4. The van der Waals surface area contributed by atoms with Crippen LogP contribution in [0.25, 0.3) is 0 Å². The van der Waals surface area contributed by atoms with Crippen molar-refractivity contribution in [2.45, 2.75) is 271 Å². The summed E-state index contributed by atoms with van der Waals surface area (Å²) in [6.07, 6.45) is 59.5. The van der Waals surface area contributed by atoms with Gasteiger partial charge in [-0.1, -0.05) is 211 Å². The van der Waals surface area contributed by atoms with Crippen molar-refractivity contribution < 1.29 is 28.6 Å². The van der Waals surface area contributed by atoms with E-state index >= 15 is 0 Å². The molecule has 1 atom stereocenters. The summed E-state index contributed by atoms with van der Waals surface area (Å²) in [5.41, 5.74) is 0. The fourth-order valence-corrected chi connectivity index (χ4v) is 7.33. The third-order valence-corrected chi connectivity index (χ3v) is 11.3. The highest BCUT2D eigenvalue weighted by atomic mass is 16.6. The Hall–Kier alpha value is -2.63. The van der Waals surface area contributed by atoms with Crippen molar-refractivity contribution >= 4 is 17.9 Å². The maximum Gasteiger partial charge on any atom is 0.306 e. The number of carbonyl (C=O) groups is 3. The fourth-order valence-electron chi connectivity index (χ4n) is 7.33. The zero-order chi connectivity index (χ0) is 44.4. The van der Waals surface area contributed by atoms with E-state index in [0.717, 1.165) is 70.6 Å². The van der Waals surface area contributed by atoms with Crippen LogP contribution < -0.4 is 0 Å².